The molecule has 0 atom stereocenters. The van der Waals surface area contributed by atoms with Gasteiger partial charge < -0.3 is 4.42 Å². The Labute approximate surface area is 341 Å². The van der Waals surface area contributed by atoms with Crippen LogP contribution in [0.2, 0.25) is 0 Å². The van der Waals surface area contributed by atoms with E-state index in [0.717, 1.165) is 77.2 Å². The SMILES string of the molecule is c1ccc(-c2ccc(-c3nc(-c4ccc5c(c4)oc4cccc(-c6cccc(-c7ccccc7)c6)c45)nc(-c4cccc5cc(-c6ccccc6)ccc45)n3)cc2)cc1. The molecule has 4 nitrogen and oxygen atoms in total. The molecule has 0 saturated carbocycles. The van der Waals surface area contributed by atoms with Crippen LogP contribution < -0.4 is 0 Å². The van der Waals surface area contributed by atoms with Gasteiger partial charge in [-0.15, -0.1) is 0 Å². The summed E-state index contributed by atoms with van der Waals surface area (Å²) < 4.78 is 6.61. The van der Waals surface area contributed by atoms with E-state index in [-0.39, 0.29) is 0 Å². The van der Waals surface area contributed by atoms with Crippen molar-refractivity contribution < 1.29 is 4.42 Å². The van der Waals surface area contributed by atoms with Crippen molar-refractivity contribution in [1.82, 2.24) is 15.0 Å². The Balaban J connectivity index is 1.04. The average Bonchev–Trinajstić information content (AvgIpc) is 3.70. The highest BCUT2D eigenvalue weighted by Crippen LogP contribution is 2.40. The molecule has 0 amide bonds. The first-order valence-electron chi connectivity index (χ1n) is 19.8. The molecule has 0 saturated heterocycles. The van der Waals surface area contributed by atoms with Crippen LogP contribution in [0.1, 0.15) is 0 Å². The number of furan rings is 1. The molecular weight excluding hydrogens is 719 g/mol. The maximum absolute atomic E-state index is 6.61. The van der Waals surface area contributed by atoms with Crippen molar-refractivity contribution in [1.29, 1.82) is 0 Å². The maximum Gasteiger partial charge on any atom is 0.164 e. The molecule has 276 valence electrons. The molecule has 0 unspecified atom stereocenters. The number of aromatic nitrogens is 3. The van der Waals surface area contributed by atoms with Gasteiger partial charge in [0.05, 0.1) is 0 Å². The lowest BCUT2D eigenvalue weighted by Crippen LogP contribution is -2.00. The number of nitrogens with zero attached hydrogens (tertiary/aromatic N) is 3. The largest absolute Gasteiger partial charge is 0.456 e. The maximum atomic E-state index is 6.61. The Morgan fingerprint density at radius 1 is 0.271 bits per heavy atom. The van der Waals surface area contributed by atoms with Gasteiger partial charge in [-0.1, -0.05) is 182 Å². The van der Waals surface area contributed by atoms with Gasteiger partial charge in [-0.3, -0.25) is 0 Å². The fourth-order valence-electron chi connectivity index (χ4n) is 8.19. The van der Waals surface area contributed by atoms with Gasteiger partial charge in [-0.25, -0.2) is 15.0 Å². The van der Waals surface area contributed by atoms with E-state index >= 15 is 0 Å². The topological polar surface area (TPSA) is 51.8 Å². The lowest BCUT2D eigenvalue weighted by atomic mass is 9.96. The molecule has 0 radical (unpaired) electrons. The van der Waals surface area contributed by atoms with Gasteiger partial charge in [-0.2, -0.15) is 0 Å². The van der Waals surface area contributed by atoms with Crippen LogP contribution in [0.3, 0.4) is 0 Å². The number of rotatable bonds is 7. The van der Waals surface area contributed by atoms with E-state index in [1.807, 2.05) is 24.3 Å². The van der Waals surface area contributed by atoms with Crippen LogP contribution in [0.5, 0.6) is 0 Å². The summed E-state index contributed by atoms with van der Waals surface area (Å²) in [4.78, 5) is 15.5. The Kier molecular flexibility index (Phi) is 8.45. The van der Waals surface area contributed by atoms with Crippen LogP contribution in [-0.2, 0) is 0 Å². The predicted octanol–water partition coefficient (Wildman–Crippen LogP) is 14.6. The molecule has 9 aromatic carbocycles. The van der Waals surface area contributed by atoms with Gasteiger partial charge in [-0.05, 0) is 85.6 Å². The van der Waals surface area contributed by atoms with Gasteiger partial charge in [0.1, 0.15) is 11.2 Å². The van der Waals surface area contributed by atoms with Crippen molar-refractivity contribution in [3.8, 4) is 78.7 Å². The van der Waals surface area contributed by atoms with E-state index in [9.17, 15) is 0 Å². The molecule has 0 spiro atoms. The quantitative estimate of drug-likeness (QED) is 0.163. The average molecular weight is 754 g/mol. The van der Waals surface area contributed by atoms with Gasteiger partial charge >= 0.3 is 0 Å². The first kappa shape index (κ1) is 34.3. The zero-order valence-electron chi connectivity index (χ0n) is 32.0. The van der Waals surface area contributed by atoms with Crippen LogP contribution in [0.15, 0.2) is 217 Å². The summed E-state index contributed by atoms with van der Waals surface area (Å²) in [6, 6.07) is 74.0. The van der Waals surface area contributed by atoms with Crippen LogP contribution in [-0.4, -0.2) is 15.0 Å². The summed E-state index contributed by atoms with van der Waals surface area (Å²) in [5.74, 6) is 1.79. The first-order valence-corrected chi connectivity index (χ1v) is 19.8. The van der Waals surface area contributed by atoms with Crippen molar-refractivity contribution >= 4 is 32.7 Å². The number of fused-ring (bicyclic) bond motifs is 4. The van der Waals surface area contributed by atoms with Crippen molar-refractivity contribution in [2.45, 2.75) is 0 Å². The zero-order valence-corrected chi connectivity index (χ0v) is 32.0. The molecule has 2 aromatic heterocycles. The second-order valence-electron chi connectivity index (χ2n) is 14.8. The summed E-state index contributed by atoms with van der Waals surface area (Å²) in [6.45, 7) is 0. The molecule has 0 aliphatic rings. The minimum atomic E-state index is 0.577. The summed E-state index contributed by atoms with van der Waals surface area (Å²) in [7, 11) is 0. The summed E-state index contributed by atoms with van der Waals surface area (Å²) >= 11 is 0. The van der Waals surface area contributed by atoms with Crippen molar-refractivity contribution in [3.63, 3.8) is 0 Å². The van der Waals surface area contributed by atoms with Crippen molar-refractivity contribution in [2.24, 2.45) is 0 Å². The van der Waals surface area contributed by atoms with Crippen LogP contribution >= 0.6 is 0 Å². The van der Waals surface area contributed by atoms with E-state index in [1.54, 1.807) is 0 Å². The van der Waals surface area contributed by atoms with Crippen LogP contribution in [0.4, 0.5) is 0 Å². The lowest BCUT2D eigenvalue weighted by molar-refractivity contribution is 0.669. The number of hydrogen-bond acceptors (Lipinski definition) is 4. The molecular formula is C55H35N3O. The summed E-state index contributed by atoms with van der Waals surface area (Å²) in [6.07, 6.45) is 0. The van der Waals surface area contributed by atoms with Gasteiger partial charge in [0.15, 0.2) is 17.5 Å². The second kappa shape index (κ2) is 14.5. The minimum absolute atomic E-state index is 0.577. The Hall–Kier alpha value is -7.95. The molecule has 0 bridgehead atoms. The Morgan fingerprint density at radius 3 is 1.49 bits per heavy atom. The monoisotopic (exact) mass is 753 g/mol. The second-order valence-corrected chi connectivity index (χ2v) is 14.8. The molecule has 0 aliphatic heterocycles. The molecule has 2 heterocycles. The van der Waals surface area contributed by atoms with E-state index in [1.165, 1.54) is 16.7 Å². The fraction of sp³-hybridized carbons (Fsp3) is 0. The summed E-state index contributed by atoms with van der Waals surface area (Å²) in [5.41, 5.74) is 13.6. The highest BCUT2D eigenvalue weighted by atomic mass is 16.3. The molecule has 59 heavy (non-hydrogen) atoms. The zero-order chi connectivity index (χ0) is 39.1. The van der Waals surface area contributed by atoms with E-state index in [4.69, 9.17) is 19.4 Å². The molecule has 0 aliphatic carbocycles. The van der Waals surface area contributed by atoms with Crippen LogP contribution in [0.25, 0.3) is 111 Å². The van der Waals surface area contributed by atoms with E-state index < -0.39 is 0 Å². The standard InChI is InChI=1S/C55H35N3O/c1-4-13-36(14-5-1)39-25-27-40(28-26-39)53-56-54(58-55(57-53)48-23-11-21-43-34-42(29-31-46(43)48)38-17-8-3-9-18-38)45-30-32-49-51(35-45)59-50-24-12-22-47(52(49)50)44-20-10-19-41(33-44)37-15-6-2-7-16-37/h1-35H. The molecule has 0 fully saturated rings. The van der Waals surface area contributed by atoms with E-state index in [0.29, 0.717) is 17.5 Å². The highest BCUT2D eigenvalue weighted by molar-refractivity contribution is 6.13. The lowest BCUT2D eigenvalue weighted by Gasteiger charge is -2.12. The van der Waals surface area contributed by atoms with E-state index in [2.05, 4.69) is 188 Å². The Morgan fingerprint density at radius 2 is 0.763 bits per heavy atom. The fourth-order valence-corrected chi connectivity index (χ4v) is 8.19. The Bertz CT molecular complexity index is 3300. The third-order valence-corrected chi connectivity index (χ3v) is 11.2. The van der Waals surface area contributed by atoms with Gasteiger partial charge in [0, 0.05) is 27.5 Å². The normalized spacial score (nSPS) is 11.4. The molecule has 11 rings (SSSR count). The van der Waals surface area contributed by atoms with Gasteiger partial charge in [0.2, 0.25) is 0 Å². The molecule has 11 aromatic rings. The third-order valence-electron chi connectivity index (χ3n) is 11.2. The highest BCUT2D eigenvalue weighted by Gasteiger charge is 2.18. The molecule has 0 N–H and O–H groups in total. The predicted molar refractivity (Wildman–Crippen MR) is 243 cm³/mol. The minimum Gasteiger partial charge on any atom is -0.456 e. The number of hydrogen-bond donors (Lipinski definition) is 0. The van der Waals surface area contributed by atoms with Crippen LogP contribution in [0, 0.1) is 0 Å². The summed E-state index contributed by atoms with van der Waals surface area (Å²) in [5, 5.41) is 4.32. The van der Waals surface area contributed by atoms with Crippen molar-refractivity contribution in [2.75, 3.05) is 0 Å². The third kappa shape index (κ3) is 6.43. The van der Waals surface area contributed by atoms with Gasteiger partial charge in [0.25, 0.3) is 0 Å². The first-order chi connectivity index (χ1) is 29.2. The molecule has 4 heteroatoms. The van der Waals surface area contributed by atoms with Crippen molar-refractivity contribution in [3.05, 3.63) is 212 Å². The number of benzene rings is 9. The smallest absolute Gasteiger partial charge is 0.164 e.